The third-order valence-corrected chi connectivity index (χ3v) is 4.52. The number of nitrogens with two attached hydrogens (primary N) is 1. The van der Waals surface area contributed by atoms with Crippen LogP contribution in [0.4, 0.5) is 5.69 Å². The Kier molecular flexibility index (Phi) is 3.16. The largest absolute Gasteiger partial charge is 0.497 e. The average Bonchev–Trinajstić information content (AvgIpc) is 3.11. The van der Waals surface area contributed by atoms with Gasteiger partial charge in [0.05, 0.1) is 17.9 Å². The Morgan fingerprint density at radius 2 is 2.11 bits per heavy atom. The Bertz CT molecular complexity index is 579. The van der Waals surface area contributed by atoms with Gasteiger partial charge in [-0.3, -0.25) is 4.79 Å². The monoisotopic (exact) mass is 270 g/mol. The van der Waals surface area contributed by atoms with Crippen molar-refractivity contribution in [2.75, 3.05) is 12.8 Å². The molecule has 0 atom stereocenters. The van der Waals surface area contributed by atoms with E-state index in [1.54, 1.807) is 6.07 Å². The summed E-state index contributed by atoms with van der Waals surface area (Å²) in [7, 11) is -2.08. The van der Waals surface area contributed by atoms with Gasteiger partial charge in [0.2, 0.25) is 10.0 Å². The lowest BCUT2D eigenvalue weighted by atomic mass is 10.1. The van der Waals surface area contributed by atoms with Gasteiger partial charge in [-0.25, -0.2) is 13.1 Å². The standard InChI is InChI=1S/C11H14N2O4S/c1-17-7-2-5-9(10(12)6-7)11(14)13-18(15,16)8-3-4-8/h2,5-6,8H,3-4,12H2,1H3,(H,13,14). The van der Waals surface area contributed by atoms with E-state index >= 15 is 0 Å². The lowest BCUT2D eigenvalue weighted by Gasteiger charge is -2.09. The number of hydrogen-bond donors (Lipinski definition) is 2. The van der Waals surface area contributed by atoms with E-state index in [-0.39, 0.29) is 11.3 Å². The van der Waals surface area contributed by atoms with Gasteiger partial charge >= 0.3 is 0 Å². The molecule has 18 heavy (non-hydrogen) atoms. The molecule has 1 aliphatic rings. The van der Waals surface area contributed by atoms with Crippen molar-refractivity contribution in [2.45, 2.75) is 18.1 Å². The van der Waals surface area contributed by atoms with Crippen LogP contribution in [0.15, 0.2) is 18.2 Å². The second kappa shape index (κ2) is 4.49. The number of carbonyl (C=O) groups is 1. The molecule has 0 unspecified atom stereocenters. The van der Waals surface area contributed by atoms with Gasteiger partial charge in [0.15, 0.2) is 0 Å². The molecule has 98 valence electrons. The van der Waals surface area contributed by atoms with Gasteiger partial charge in [0.25, 0.3) is 5.91 Å². The Morgan fingerprint density at radius 3 is 2.61 bits per heavy atom. The molecule has 3 N–H and O–H groups in total. The SMILES string of the molecule is COc1ccc(C(=O)NS(=O)(=O)C2CC2)c(N)c1. The van der Waals surface area contributed by atoms with Gasteiger partial charge in [-0.15, -0.1) is 0 Å². The highest BCUT2D eigenvalue weighted by Gasteiger charge is 2.37. The van der Waals surface area contributed by atoms with E-state index in [9.17, 15) is 13.2 Å². The minimum absolute atomic E-state index is 0.125. The minimum atomic E-state index is -3.55. The Balaban J connectivity index is 2.18. The first-order chi connectivity index (χ1) is 8.44. The van der Waals surface area contributed by atoms with E-state index in [0.29, 0.717) is 18.6 Å². The van der Waals surface area contributed by atoms with Crippen LogP contribution in [0.2, 0.25) is 0 Å². The van der Waals surface area contributed by atoms with Crippen molar-refractivity contribution in [3.8, 4) is 5.75 Å². The molecule has 1 amide bonds. The van der Waals surface area contributed by atoms with E-state index in [1.165, 1.54) is 19.2 Å². The van der Waals surface area contributed by atoms with Gasteiger partial charge < -0.3 is 10.5 Å². The van der Waals surface area contributed by atoms with Crippen LogP contribution in [0.1, 0.15) is 23.2 Å². The minimum Gasteiger partial charge on any atom is -0.497 e. The van der Waals surface area contributed by atoms with Crippen LogP contribution in [-0.2, 0) is 10.0 Å². The maximum Gasteiger partial charge on any atom is 0.266 e. The van der Waals surface area contributed by atoms with Gasteiger partial charge in [-0.05, 0) is 25.0 Å². The summed E-state index contributed by atoms with van der Waals surface area (Å²) in [6.07, 6.45) is 1.20. The number of anilines is 1. The Morgan fingerprint density at radius 1 is 1.44 bits per heavy atom. The van der Waals surface area contributed by atoms with Crippen molar-refractivity contribution in [3.63, 3.8) is 0 Å². The zero-order chi connectivity index (χ0) is 13.3. The zero-order valence-electron chi connectivity index (χ0n) is 9.84. The van der Waals surface area contributed by atoms with E-state index < -0.39 is 21.2 Å². The fourth-order valence-electron chi connectivity index (χ4n) is 1.52. The molecule has 0 heterocycles. The molecular formula is C11H14N2O4S. The van der Waals surface area contributed by atoms with Gasteiger partial charge in [-0.2, -0.15) is 0 Å². The number of hydrogen-bond acceptors (Lipinski definition) is 5. The summed E-state index contributed by atoms with van der Waals surface area (Å²) in [5.74, 6) is -0.198. The van der Waals surface area contributed by atoms with Gasteiger partial charge in [0.1, 0.15) is 5.75 Å². The molecule has 0 aliphatic heterocycles. The topological polar surface area (TPSA) is 98.5 Å². The first-order valence-electron chi connectivity index (χ1n) is 5.43. The second-order valence-electron chi connectivity index (χ2n) is 4.13. The van der Waals surface area contributed by atoms with Crippen molar-refractivity contribution in [2.24, 2.45) is 0 Å². The first-order valence-corrected chi connectivity index (χ1v) is 6.98. The highest BCUT2D eigenvalue weighted by molar-refractivity contribution is 7.91. The molecular weight excluding hydrogens is 256 g/mol. The van der Waals surface area contributed by atoms with Crippen molar-refractivity contribution >= 4 is 21.6 Å². The van der Waals surface area contributed by atoms with E-state index in [2.05, 4.69) is 0 Å². The highest BCUT2D eigenvalue weighted by atomic mass is 32.2. The van der Waals surface area contributed by atoms with Crippen LogP contribution >= 0.6 is 0 Å². The normalized spacial score (nSPS) is 15.2. The zero-order valence-corrected chi connectivity index (χ0v) is 10.7. The Hall–Kier alpha value is -1.76. The molecule has 1 aromatic rings. The summed E-state index contributed by atoms with van der Waals surface area (Å²) in [6.45, 7) is 0. The van der Waals surface area contributed by atoms with Crippen molar-refractivity contribution in [1.29, 1.82) is 0 Å². The fraction of sp³-hybridized carbons (Fsp3) is 0.364. The molecule has 1 fully saturated rings. The third kappa shape index (κ3) is 2.56. The lowest BCUT2D eigenvalue weighted by Crippen LogP contribution is -2.33. The summed E-state index contributed by atoms with van der Waals surface area (Å²) >= 11 is 0. The number of amides is 1. The molecule has 0 aromatic heterocycles. The highest BCUT2D eigenvalue weighted by Crippen LogP contribution is 2.28. The van der Waals surface area contributed by atoms with Crippen LogP contribution in [0.25, 0.3) is 0 Å². The number of sulfonamides is 1. The summed E-state index contributed by atoms with van der Waals surface area (Å²) in [5, 5.41) is -0.444. The maximum atomic E-state index is 11.8. The van der Waals surface area contributed by atoms with Crippen molar-refractivity contribution in [3.05, 3.63) is 23.8 Å². The van der Waals surface area contributed by atoms with Crippen LogP contribution < -0.4 is 15.2 Å². The van der Waals surface area contributed by atoms with E-state index in [4.69, 9.17) is 10.5 Å². The van der Waals surface area contributed by atoms with Crippen LogP contribution in [0.5, 0.6) is 5.75 Å². The lowest BCUT2D eigenvalue weighted by molar-refractivity contribution is 0.0982. The van der Waals surface area contributed by atoms with Crippen LogP contribution in [0, 0.1) is 0 Å². The summed E-state index contributed by atoms with van der Waals surface area (Å²) in [6, 6.07) is 4.46. The molecule has 1 aliphatic carbocycles. The van der Waals surface area contributed by atoms with Crippen LogP contribution in [0.3, 0.4) is 0 Å². The molecule has 7 heteroatoms. The number of carbonyl (C=O) groups excluding carboxylic acids is 1. The molecule has 1 aromatic carbocycles. The fourth-order valence-corrected chi connectivity index (χ4v) is 2.81. The van der Waals surface area contributed by atoms with E-state index in [0.717, 1.165) is 0 Å². The summed E-state index contributed by atoms with van der Waals surface area (Å²) in [5.41, 5.74) is 5.98. The van der Waals surface area contributed by atoms with Gasteiger partial charge in [0, 0.05) is 11.8 Å². The summed E-state index contributed by atoms with van der Waals surface area (Å²) < 4.78 is 30.2. The number of ether oxygens (including phenoxy) is 1. The smallest absolute Gasteiger partial charge is 0.266 e. The Labute approximate surface area is 105 Å². The van der Waals surface area contributed by atoms with Crippen LogP contribution in [-0.4, -0.2) is 26.7 Å². The molecule has 6 nitrogen and oxygen atoms in total. The summed E-state index contributed by atoms with van der Waals surface area (Å²) in [4.78, 5) is 11.8. The predicted molar refractivity (Wildman–Crippen MR) is 66.8 cm³/mol. The number of methoxy groups -OCH3 is 1. The van der Waals surface area contributed by atoms with E-state index in [1.807, 2.05) is 4.72 Å². The first kappa shape index (κ1) is 12.7. The quantitative estimate of drug-likeness (QED) is 0.776. The molecule has 0 radical (unpaired) electrons. The molecule has 0 spiro atoms. The molecule has 0 bridgehead atoms. The maximum absolute atomic E-state index is 11.8. The number of nitrogens with one attached hydrogen (secondary N) is 1. The number of rotatable bonds is 4. The molecule has 0 saturated heterocycles. The second-order valence-corrected chi connectivity index (χ2v) is 6.09. The third-order valence-electron chi connectivity index (χ3n) is 2.70. The average molecular weight is 270 g/mol. The molecule has 2 rings (SSSR count). The van der Waals surface area contributed by atoms with Crippen molar-refractivity contribution < 1.29 is 17.9 Å². The molecule has 1 saturated carbocycles. The number of benzene rings is 1. The number of nitrogen functional groups attached to an aromatic ring is 1. The van der Waals surface area contributed by atoms with Gasteiger partial charge in [-0.1, -0.05) is 0 Å². The van der Waals surface area contributed by atoms with Crippen molar-refractivity contribution in [1.82, 2.24) is 4.72 Å². The predicted octanol–water partition coefficient (Wildman–Crippen LogP) is 0.499.